The summed E-state index contributed by atoms with van der Waals surface area (Å²) in [5.41, 5.74) is 4.30. The van der Waals surface area contributed by atoms with Crippen LogP contribution in [-0.2, 0) is 4.74 Å². The first kappa shape index (κ1) is 20.7. The van der Waals surface area contributed by atoms with Gasteiger partial charge >= 0.3 is 5.97 Å². The molecule has 31 heavy (non-hydrogen) atoms. The molecule has 158 valence electrons. The van der Waals surface area contributed by atoms with Crippen molar-refractivity contribution in [2.24, 2.45) is 0 Å². The molecule has 0 unspecified atom stereocenters. The first-order chi connectivity index (χ1) is 14.8. The average Bonchev–Trinajstić information content (AvgIpc) is 3.46. The molecule has 7 nitrogen and oxygen atoms in total. The van der Waals surface area contributed by atoms with Crippen LogP contribution < -0.4 is 0 Å². The van der Waals surface area contributed by atoms with Crippen LogP contribution in [-0.4, -0.2) is 33.1 Å². The Morgan fingerprint density at radius 1 is 1.10 bits per heavy atom. The number of hydrogen-bond acceptors (Lipinski definition) is 7. The number of aromatic nitrogens is 3. The quantitative estimate of drug-likeness (QED) is 0.317. The standard InChI is InChI=1S/C23H21N3O4S/c1-13-5-7-17(8-6-13)22-24-19(12-31-22)23(28)29-11-20(27)18-9-14(2)26(16(18)4)21-10-15(3)30-25-21/h5-10,12H,11H2,1-4H3. The molecular formula is C23H21N3O4S. The second-order valence-corrected chi connectivity index (χ2v) is 8.18. The number of aryl methyl sites for hydroxylation is 3. The molecule has 0 spiro atoms. The molecule has 3 heterocycles. The van der Waals surface area contributed by atoms with E-state index in [1.807, 2.05) is 49.6 Å². The van der Waals surface area contributed by atoms with E-state index in [2.05, 4.69) is 10.1 Å². The lowest BCUT2D eigenvalue weighted by Gasteiger charge is -2.05. The molecule has 0 aliphatic heterocycles. The van der Waals surface area contributed by atoms with E-state index in [9.17, 15) is 9.59 Å². The Labute approximate surface area is 183 Å². The van der Waals surface area contributed by atoms with Crippen molar-refractivity contribution in [3.8, 4) is 16.4 Å². The third-order valence-corrected chi connectivity index (χ3v) is 5.81. The van der Waals surface area contributed by atoms with Gasteiger partial charge in [-0.25, -0.2) is 9.78 Å². The first-order valence-electron chi connectivity index (χ1n) is 9.69. The molecule has 3 aromatic heterocycles. The van der Waals surface area contributed by atoms with Crippen molar-refractivity contribution in [3.05, 3.63) is 75.7 Å². The van der Waals surface area contributed by atoms with Gasteiger partial charge in [0.2, 0.25) is 5.78 Å². The van der Waals surface area contributed by atoms with E-state index in [1.54, 1.807) is 24.4 Å². The molecule has 1 aromatic carbocycles. The van der Waals surface area contributed by atoms with Gasteiger partial charge in [-0.3, -0.25) is 9.36 Å². The summed E-state index contributed by atoms with van der Waals surface area (Å²) < 4.78 is 12.2. The number of thiazole rings is 1. The van der Waals surface area contributed by atoms with Gasteiger partial charge in [-0.2, -0.15) is 0 Å². The summed E-state index contributed by atoms with van der Waals surface area (Å²) in [5, 5.41) is 6.38. The fourth-order valence-electron chi connectivity index (χ4n) is 3.34. The zero-order valence-corrected chi connectivity index (χ0v) is 18.4. The lowest BCUT2D eigenvalue weighted by Crippen LogP contribution is -2.15. The van der Waals surface area contributed by atoms with E-state index in [0.717, 1.165) is 21.8 Å². The summed E-state index contributed by atoms with van der Waals surface area (Å²) in [6, 6.07) is 11.4. The van der Waals surface area contributed by atoms with Crippen LogP contribution in [0.3, 0.4) is 0 Å². The highest BCUT2D eigenvalue weighted by Crippen LogP contribution is 2.25. The van der Waals surface area contributed by atoms with Crippen LogP contribution in [0.4, 0.5) is 0 Å². The second-order valence-electron chi connectivity index (χ2n) is 7.32. The van der Waals surface area contributed by atoms with Crippen molar-refractivity contribution in [1.82, 2.24) is 14.7 Å². The monoisotopic (exact) mass is 435 g/mol. The van der Waals surface area contributed by atoms with Crippen LogP contribution in [0.1, 0.15) is 43.6 Å². The summed E-state index contributed by atoms with van der Waals surface area (Å²) in [7, 11) is 0. The van der Waals surface area contributed by atoms with E-state index in [0.29, 0.717) is 22.8 Å². The van der Waals surface area contributed by atoms with Crippen LogP contribution in [0.2, 0.25) is 0 Å². The summed E-state index contributed by atoms with van der Waals surface area (Å²) in [4.78, 5) is 29.5. The van der Waals surface area contributed by atoms with Crippen LogP contribution in [0.25, 0.3) is 16.4 Å². The number of ketones is 1. The van der Waals surface area contributed by atoms with E-state index in [1.165, 1.54) is 11.3 Å². The summed E-state index contributed by atoms with van der Waals surface area (Å²) >= 11 is 1.36. The molecule has 0 atom stereocenters. The molecule has 0 aliphatic carbocycles. The van der Waals surface area contributed by atoms with Crippen molar-refractivity contribution in [2.75, 3.05) is 6.61 Å². The number of nitrogens with zero attached hydrogens (tertiary/aromatic N) is 3. The Bertz CT molecular complexity index is 1260. The number of ether oxygens (including phenoxy) is 1. The van der Waals surface area contributed by atoms with Crippen molar-refractivity contribution in [3.63, 3.8) is 0 Å². The second kappa shape index (κ2) is 8.31. The van der Waals surface area contributed by atoms with E-state index in [-0.39, 0.29) is 18.1 Å². The maximum absolute atomic E-state index is 12.7. The molecule has 0 amide bonds. The van der Waals surface area contributed by atoms with E-state index >= 15 is 0 Å². The number of carbonyl (C=O) groups is 2. The van der Waals surface area contributed by atoms with Gasteiger partial charge in [0.15, 0.2) is 18.1 Å². The summed E-state index contributed by atoms with van der Waals surface area (Å²) in [6.45, 7) is 7.15. The number of esters is 1. The minimum Gasteiger partial charge on any atom is -0.453 e. The molecule has 4 aromatic rings. The van der Waals surface area contributed by atoms with Gasteiger partial charge in [-0.1, -0.05) is 35.0 Å². The topological polar surface area (TPSA) is 87.2 Å². The average molecular weight is 436 g/mol. The fourth-order valence-corrected chi connectivity index (χ4v) is 4.13. The van der Waals surface area contributed by atoms with Crippen LogP contribution in [0, 0.1) is 27.7 Å². The highest BCUT2D eigenvalue weighted by atomic mass is 32.1. The van der Waals surface area contributed by atoms with Crippen LogP contribution >= 0.6 is 11.3 Å². The molecule has 8 heteroatoms. The number of benzene rings is 1. The fraction of sp³-hybridized carbons (Fsp3) is 0.217. The predicted molar refractivity (Wildman–Crippen MR) is 117 cm³/mol. The molecule has 0 saturated carbocycles. The van der Waals surface area contributed by atoms with Crippen molar-refractivity contribution in [2.45, 2.75) is 27.7 Å². The van der Waals surface area contributed by atoms with Gasteiger partial charge in [0.1, 0.15) is 10.8 Å². The number of hydrogen-bond donors (Lipinski definition) is 0. The summed E-state index contributed by atoms with van der Waals surface area (Å²) in [5.74, 6) is 0.373. The first-order valence-corrected chi connectivity index (χ1v) is 10.6. The molecule has 4 rings (SSSR count). The van der Waals surface area contributed by atoms with Crippen molar-refractivity contribution >= 4 is 23.1 Å². The zero-order chi connectivity index (χ0) is 22.1. The normalized spacial score (nSPS) is 11.0. The Morgan fingerprint density at radius 3 is 2.52 bits per heavy atom. The Morgan fingerprint density at radius 2 is 1.84 bits per heavy atom. The predicted octanol–water partition coefficient (Wildman–Crippen LogP) is 4.86. The Balaban J connectivity index is 1.45. The van der Waals surface area contributed by atoms with E-state index < -0.39 is 5.97 Å². The number of rotatable bonds is 6. The summed E-state index contributed by atoms with van der Waals surface area (Å²) in [6.07, 6.45) is 0. The van der Waals surface area contributed by atoms with Gasteiger partial charge in [0.25, 0.3) is 0 Å². The smallest absolute Gasteiger partial charge is 0.358 e. The van der Waals surface area contributed by atoms with Gasteiger partial charge in [0, 0.05) is 34.0 Å². The molecular weight excluding hydrogens is 414 g/mol. The molecule has 0 aliphatic rings. The maximum Gasteiger partial charge on any atom is 0.358 e. The van der Waals surface area contributed by atoms with E-state index in [4.69, 9.17) is 9.26 Å². The number of carbonyl (C=O) groups excluding carboxylic acids is 2. The zero-order valence-electron chi connectivity index (χ0n) is 17.6. The number of Topliss-reactive ketones (excluding diaryl/α,β-unsaturated/α-hetero) is 1. The van der Waals surface area contributed by atoms with Crippen molar-refractivity contribution < 1.29 is 18.8 Å². The highest BCUT2D eigenvalue weighted by Gasteiger charge is 2.21. The maximum atomic E-state index is 12.7. The molecule has 0 bridgehead atoms. The van der Waals surface area contributed by atoms with Crippen LogP contribution in [0.5, 0.6) is 0 Å². The van der Waals surface area contributed by atoms with Gasteiger partial charge in [0.05, 0.1) is 0 Å². The largest absolute Gasteiger partial charge is 0.453 e. The molecule has 0 fully saturated rings. The lowest BCUT2D eigenvalue weighted by molar-refractivity contribution is 0.0469. The van der Waals surface area contributed by atoms with Crippen LogP contribution in [0.15, 0.2) is 46.3 Å². The Kier molecular flexibility index (Phi) is 5.56. The third kappa shape index (κ3) is 4.20. The van der Waals surface area contributed by atoms with Gasteiger partial charge < -0.3 is 9.26 Å². The van der Waals surface area contributed by atoms with Gasteiger partial charge in [-0.05, 0) is 33.8 Å². The lowest BCUT2D eigenvalue weighted by atomic mass is 10.1. The third-order valence-electron chi connectivity index (χ3n) is 4.92. The minimum absolute atomic E-state index is 0.192. The highest BCUT2D eigenvalue weighted by molar-refractivity contribution is 7.13. The molecule has 0 N–H and O–H groups in total. The molecule has 0 saturated heterocycles. The molecule has 0 radical (unpaired) electrons. The minimum atomic E-state index is -0.621. The Hall–Kier alpha value is -3.52. The van der Waals surface area contributed by atoms with Gasteiger partial charge in [-0.15, -0.1) is 11.3 Å². The SMILES string of the molecule is Cc1ccc(-c2nc(C(=O)OCC(=O)c3cc(C)n(-c4cc(C)on4)c3C)cs2)cc1. The van der Waals surface area contributed by atoms with Crippen molar-refractivity contribution in [1.29, 1.82) is 0 Å².